The Hall–Kier alpha value is -2.92. The second-order valence-electron chi connectivity index (χ2n) is 6.25. The van der Waals surface area contributed by atoms with Crippen molar-refractivity contribution in [1.82, 2.24) is 10.3 Å². The molecule has 0 unspecified atom stereocenters. The summed E-state index contributed by atoms with van der Waals surface area (Å²) in [5.41, 5.74) is 4.17. The summed E-state index contributed by atoms with van der Waals surface area (Å²) in [5.74, 6) is 0.663. The molecule has 1 N–H and O–H groups in total. The van der Waals surface area contributed by atoms with Gasteiger partial charge < -0.3 is 10.1 Å². The Morgan fingerprint density at radius 3 is 2.52 bits per heavy atom. The summed E-state index contributed by atoms with van der Waals surface area (Å²) in [6.45, 7) is 5.00. The van der Waals surface area contributed by atoms with Gasteiger partial charge in [0.25, 0.3) is 0 Å². The molecular weight excluding hydrogens is 356 g/mol. The van der Waals surface area contributed by atoms with E-state index in [2.05, 4.69) is 10.3 Å². The topological polar surface area (TPSA) is 51.2 Å². The predicted octanol–water partition coefficient (Wildman–Crippen LogP) is 4.67. The van der Waals surface area contributed by atoms with Crippen LogP contribution in [0.2, 0.25) is 0 Å². The van der Waals surface area contributed by atoms with Gasteiger partial charge in [0.05, 0.1) is 10.7 Å². The Labute approximate surface area is 163 Å². The van der Waals surface area contributed by atoms with Gasteiger partial charge in [0.15, 0.2) is 0 Å². The van der Waals surface area contributed by atoms with E-state index in [0.717, 1.165) is 27.6 Å². The lowest BCUT2D eigenvalue weighted by Gasteiger charge is -2.05. The highest BCUT2D eigenvalue weighted by Crippen LogP contribution is 2.16. The first-order valence-corrected chi connectivity index (χ1v) is 9.62. The fourth-order valence-corrected chi connectivity index (χ4v) is 3.03. The number of aryl methyl sites for hydroxylation is 2. The molecule has 0 saturated carbocycles. The van der Waals surface area contributed by atoms with Gasteiger partial charge in [-0.3, -0.25) is 4.79 Å². The van der Waals surface area contributed by atoms with Crippen LogP contribution in [0.15, 0.2) is 60.0 Å². The molecule has 138 valence electrons. The van der Waals surface area contributed by atoms with Crippen LogP contribution in [-0.4, -0.2) is 10.9 Å². The first kappa shape index (κ1) is 18.9. The van der Waals surface area contributed by atoms with Crippen molar-refractivity contribution in [2.45, 2.75) is 27.0 Å². The third kappa shape index (κ3) is 6.08. The number of amides is 1. The lowest BCUT2D eigenvalue weighted by atomic mass is 10.1. The van der Waals surface area contributed by atoms with Gasteiger partial charge in [-0.2, -0.15) is 0 Å². The van der Waals surface area contributed by atoms with Crippen LogP contribution < -0.4 is 10.1 Å². The maximum absolute atomic E-state index is 12.0. The first-order valence-electron chi connectivity index (χ1n) is 8.74. The van der Waals surface area contributed by atoms with Gasteiger partial charge in [-0.1, -0.05) is 42.0 Å². The average Bonchev–Trinajstić information content (AvgIpc) is 3.10. The van der Waals surface area contributed by atoms with E-state index in [4.69, 9.17) is 4.74 Å². The van der Waals surface area contributed by atoms with Gasteiger partial charge in [-0.25, -0.2) is 4.98 Å². The fourth-order valence-electron chi connectivity index (χ4n) is 2.43. The lowest BCUT2D eigenvalue weighted by molar-refractivity contribution is -0.116. The molecule has 1 aromatic heterocycles. The zero-order valence-corrected chi connectivity index (χ0v) is 16.3. The minimum Gasteiger partial charge on any atom is -0.487 e. The normalized spacial score (nSPS) is 10.9. The molecule has 0 fully saturated rings. The van der Waals surface area contributed by atoms with E-state index >= 15 is 0 Å². The van der Waals surface area contributed by atoms with Crippen molar-refractivity contribution in [3.05, 3.63) is 87.4 Å². The first-order chi connectivity index (χ1) is 13.1. The predicted molar refractivity (Wildman–Crippen MR) is 110 cm³/mol. The number of nitrogens with zero attached hydrogens (tertiary/aromatic N) is 1. The molecule has 1 heterocycles. The van der Waals surface area contributed by atoms with E-state index in [1.807, 2.05) is 67.8 Å². The van der Waals surface area contributed by atoms with E-state index in [9.17, 15) is 4.79 Å². The second kappa shape index (κ2) is 9.14. The number of aromatic nitrogens is 1. The molecule has 27 heavy (non-hydrogen) atoms. The molecule has 3 rings (SSSR count). The van der Waals surface area contributed by atoms with Crippen molar-refractivity contribution in [2.75, 3.05) is 0 Å². The molecule has 0 saturated heterocycles. The number of rotatable bonds is 7. The Balaban J connectivity index is 1.46. The molecule has 0 atom stereocenters. The highest BCUT2D eigenvalue weighted by Gasteiger charge is 2.01. The molecule has 1 amide bonds. The zero-order chi connectivity index (χ0) is 19.1. The molecule has 2 aromatic carbocycles. The number of benzene rings is 2. The summed E-state index contributed by atoms with van der Waals surface area (Å²) in [4.78, 5) is 16.3. The van der Waals surface area contributed by atoms with Crippen molar-refractivity contribution < 1.29 is 9.53 Å². The summed E-state index contributed by atoms with van der Waals surface area (Å²) in [6.07, 6.45) is 3.33. The Morgan fingerprint density at radius 1 is 1.11 bits per heavy atom. The van der Waals surface area contributed by atoms with E-state index in [1.54, 1.807) is 23.5 Å². The van der Waals surface area contributed by atoms with Crippen LogP contribution in [-0.2, 0) is 17.9 Å². The van der Waals surface area contributed by atoms with Crippen LogP contribution in [0, 0.1) is 13.8 Å². The molecule has 0 aliphatic rings. The summed E-state index contributed by atoms with van der Waals surface area (Å²) in [7, 11) is 0. The van der Waals surface area contributed by atoms with Crippen molar-refractivity contribution in [3.63, 3.8) is 0 Å². The van der Waals surface area contributed by atoms with Crippen LogP contribution >= 0.6 is 11.3 Å². The summed E-state index contributed by atoms with van der Waals surface area (Å²) >= 11 is 1.62. The second-order valence-corrected chi connectivity index (χ2v) is 7.31. The minimum absolute atomic E-state index is 0.116. The SMILES string of the molecule is Cc1ccc(CNC(=O)/C=C/c2ccc(OCc3csc(C)n3)cc2)cc1. The van der Waals surface area contributed by atoms with E-state index in [-0.39, 0.29) is 5.91 Å². The van der Waals surface area contributed by atoms with Gasteiger partial charge in [-0.15, -0.1) is 11.3 Å². The van der Waals surface area contributed by atoms with Gasteiger partial charge in [-0.05, 0) is 43.2 Å². The zero-order valence-electron chi connectivity index (χ0n) is 15.4. The highest BCUT2D eigenvalue weighted by atomic mass is 32.1. The molecule has 3 aromatic rings. The Kier molecular flexibility index (Phi) is 6.39. The molecule has 0 radical (unpaired) electrons. The third-order valence-electron chi connectivity index (χ3n) is 3.95. The molecule has 0 bridgehead atoms. The van der Waals surface area contributed by atoms with Crippen molar-refractivity contribution in [3.8, 4) is 5.75 Å². The van der Waals surface area contributed by atoms with Gasteiger partial charge >= 0.3 is 0 Å². The Bertz CT molecular complexity index is 912. The highest BCUT2D eigenvalue weighted by molar-refractivity contribution is 7.09. The Morgan fingerprint density at radius 2 is 1.85 bits per heavy atom. The maximum atomic E-state index is 12.0. The number of hydrogen-bond acceptors (Lipinski definition) is 4. The van der Waals surface area contributed by atoms with Crippen LogP contribution in [0.5, 0.6) is 5.75 Å². The van der Waals surface area contributed by atoms with Crippen LogP contribution in [0.25, 0.3) is 6.08 Å². The molecule has 5 heteroatoms. The average molecular weight is 378 g/mol. The number of nitrogens with one attached hydrogen (secondary N) is 1. The van der Waals surface area contributed by atoms with Crippen molar-refractivity contribution in [2.24, 2.45) is 0 Å². The molecule has 0 spiro atoms. The quantitative estimate of drug-likeness (QED) is 0.608. The molecule has 0 aliphatic carbocycles. The molecular formula is C22H22N2O2S. The summed E-state index contributed by atoms with van der Waals surface area (Å²) < 4.78 is 5.72. The van der Waals surface area contributed by atoms with E-state index in [0.29, 0.717) is 13.2 Å². The standard InChI is InChI=1S/C22H22N2O2S/c1-16-3-5-19(6-4-16)13-23-22(25)12-9-18-7-10-21(11-8-18)26-14-20-15-27-17(2)24-20/h3-12,15H,13-14H2,1-2H3,(H,23,25)/b12-9+. The van der Waals surface area contributed by atoms with Crippen molar-refractivity contribution >= 4 is 23.3 Å². The van der Waals surface area contributed by atoms with Crippen LogP contribution in [0.4, 0.5) is 0 Å². The maximum Gasteiger partial charge on any atom is 0.244 e. The van der Waals surface area contributed by atoms with Crippen LogP contribution in [0.3, 0.4) is 0 Å². The summed E-state index contributed by atoms with van der Waals surface area (Å²) in [6, 6.07) is 15.7. The van der Waals surface area contributed by atoms with E-state index < -0.39 is 0 Å². The number of hydrogen-bond donors (Lipinski definition) is 1. The van der Waals surface area contributed by atoms with Crippen LogP contribution in [0.1, 0.15) is 27.4 Å². The molecule has 4 nitrogen and oxygen atoms in total. The third-order valence-corrected chi connectivity index (χ3v) is 4.77. The molecule has 0 aliphatic heterocycles. The number of carbonyl (C=O) groups is 1. The van der Waals surface area contributed by atoms with Gasteiger partial charge in [0.2, 0.25) is 5.91 Å². The lowest BCUT2D eigenvalue weighted by Crippen LogP contribution is -2.20. The smallest absolute Gasteiger partial charge is 0.244 e. The largest absolute Gasteiger partial charge is 0.487 e. The number of carbonyl (C=O) groups excluding carboxylic acids is 1. The fraction of sp³-hybridized carbons (Fsp3) is 0.182. The monoisotopic (exact) mass is 378 g/mol. The van der Waals surface area contributed by atoms with Gasteiger partial charge in [0, 0.05) is 18.0 Å². The number of thiazole rings is 1. The van der Waals surface area contributed by atoms with Crippen molar-refractivity contribution in [1.29, 1.82) is 0 Å². The number of ether oxygens (including phenoxy) is 1. The minimum atomic E-state index is -0.116. The van der Waals surface area contributed by atoms with E-state index in [1.165, 1.54) is 5.56 Å². The summed E-state index contributed by atoms with van der Waals surface area (Å²) in [5, 5.41) is 5.92. The van der Waals surface area contributed by atoms with Gasteiger partial charge in [0.1, 0.15) is 12.4 Å².